The number of imidazole rings is 1. The Hall–Kier alpha value is -3.07. The number of halogens is 3. The molecule has 1 fully saturated rings. The molecule has 0 aliphatic carbocycles. The van der Waals surface area contributed by atoms with E-state index in [1.54, 1.807) is 73.2 Å². The molecule has 0 radical (unpaired) electrons. The first-order chi connectivity index (χ1) is 17.9. The molecule has 1 aromatic heterocycles. The fraction of sp³-hybridized carbons (Fsp3) is 0.185. The maximum absolute atomic E-state index is 12.4. The largest absolute Gasteiger partial charge is 0.491 e. The quantitative estimate of drug-likeness (QED) is 0.269. The Morgan fingerprint density at radius 1 is 1.05 bits per heavy atom. The minimum atomic E-state index is -1.12. The van der Waals surface area contributed by atoms with Gasteiger partial charge in [0.1, 0.15) is 18.5 Å². The SMILES string of the molecule is O=C(Nc1ccc(OCC2COC(Cn3ccnc3)(c3ccc(Cl)cc3Cl)O2)cc1)c1ccc(Cl)cc1. The van der Waals surface area contributed by atoms with Gasteiger partial charge in [0.2, 0.25) is 5.79 Å². The maximum atomic E-state index is 12.4. The summed E-state index contributed by atoms with van der Waals surface area (Å²) in [6, 6.07) is 19.0. The van der Waals surface area contributed by atoms with Gasteiger partial charge in [-0.05, 0) is 60.7 Å². The number of nitrogens with one attached hydrogen (secondary N) is 1. The Bertz CT molecular complexity index is 1360. The molecule has 0 bridgehead atoms. The summed E-state index contributed by atoms with van der Waals surface area (Å²) in [5, 5.41) is 4.40. The molecule has 5 rings (SSSR count). The van der Waals surface area contributed by atoms with Crippen molar-refractivity contribution in [2.75, 3.05) is 18.5 Å². The molecule has 2 atom stereocenters. The topological polar surface area (TPSA) is 74.6 Å². The Morgan fingerprint density at radius 2 is 1.81 bits per heavy atom. The molecule has 4 aromatic rings. The summed E-state index contributed by atoms with van der Waals surface area (Å²) in [7, 11) is 0. The van der Waals surface area contributed by atoms with Gasteiger partial charge in [-0.15, -0.1) is 0 Å². The van der Waals surface area contributed by atoms with Crippen molar-refractivity contribution in [1.82, 2.24) is 9.55 Å². The zero-order chi connectivity index (χ0) is 25.8. The Kier molecular flexibility index (Phi) is 7.69. The highest BCUT2D eigenvalue weighted by molar-refractivity contribution is 6.35. The van der Waals surface area contributed by atoms with Gasteiger partial charge >= 0.3 is 0 Å². The van der Waals surface area contributed by atoms with Gasteiger partial charge in [-0.25, -0.2) is 4.98 Å². The fourth-order valence-corrected chi connectivity index (χ4v) is 4.68. The molecule has 1 amide bonds. The summed E-state index contributed by atoms with van der Waals surface area (Å²) >= 11 is 18.5. The second-order valence-corrected chi connectivity index (χ2v) is 9.74. The van der Waals surface area contributed by atoms with Crippen LogP contribution in [0.15, 0.2) is 85.5 Å². The summed E-state index contributed by atoms with van der Waals surface area (Å²) in [4.78, 5) is 16.5. The van der Waals surface area contributed by atoms with Crippen molar-refractivity contribution >= 4 is 46.4 Å². The fourth-order valence-electron chi connectivity index (χ4n) is 4.00. The van der Waals surface area contributed by atoms with Gasteiger partial charge in [0, 0.05) is 39.3 Å². The number of anilines is 1. The van der Waals surface area contributed by atoms with Crippen molar-refractivity contribution in [3.63, 3.8) is 0 Å². The van der Waals surface area contributed by atoms with Gasteiger partial charge in [0.05, 0.1) is 24.5 Å². The van der Waals surface area contributed by atoms with Crippen LogP contribution in [0.5, 0.6) is 5.75 Å². The van der Waals surface area contributed by atoms with Gasteiger partial charge < -0.3 is 24.1 Å². The van der Waals surface area contributed by atoms with E-state index >= 15 is 0 Å². The number of nitrogens with zero attached hydrogens (tertiary/aromatic N) is 2. The van der Waals surface area contributed by atoms with Crippen LogP contribution in [-0.2, 0) is 21.8 Å². The van der Waals surface area contributed by atoms with Gasteiger partial charge in [-0.1, -0.05) is 40.9 Å². The number of hydrogen-bond donors (Lipinski definition) is 1. The average molecular weight is 559 g/mol. The highest BCUT2D eigenvalue weighted by Crippen LogP contribution is 2.40. The summed E-state index contributed by atoms with van der Waals surface area (Å²) in [5.74, 6) is -0.715. The maximum Gasteiger partial charge on any atom is 0.255 e. The normalized spacial score (nSPS) is 19.1. The van der Waals surface area contributed by atoms with Crippen LogP contribution in [0.3, 0.4) is 0 Å². The van der Waals surface area contributed by atoms with Crippen LogP contribution in [0, 0.1) is 0 Å². The van der Waals surface area contributed by atoms with Crippen molar-refractivity contribution in [2.45, 2.75) is 18.4 Å². The lowest BCUT2D eigenvalue weighted by Crippen LogP contribution is -2.34. The third kappa shape index (κ3) is 6.09. The predicted octanol–water partition coefficient (Wildman–Crippen LogP) is 6.44. The van der Waals surface area contributed by atoms with Crippen molar-refractivity contribution in [1.29, 1.82) is 0 Å². The van der Waals surface area contributed by atoms with E-state index in [0.29, 0.717) is 50.8 Å². The summed E-state index contributed by atoms with van der Waals surface area (Å²) < 4.78 is 20.4. The zero-order valence-electron chi connectivity index (χ0n) is 19.4. The third-order valence-electron chi connectivity index (χ3n) is 5.81. The van der Waals surface area contributed by atoms with E-state index in [-0.39, 0.29) is 18.6 Å². The van der Waals surface area contributed by atoms with Crippen LogP contribution in [0.1, 0.15) is 15.9 Å². The number of ether oxygens (including phenoxy) is 3. The molecule has 2 heterocycles. The highest BCUT2D eigenvalue weighted by Gasteiger charge is 2.45. The highest BCUT2D eigenvalue weighted by atomic mass is 35.5. The van der Waals surface area contributed by atoms with Gasteiger partial charge in [-0.3, -0.25) is 4.79 Å². The smallest absolute Gasteiger partial charge is 0.255 e. The zero-order valence-corrected chi connectivity index (χ0v) is 21.7. The minimum Gasteiger partial charge on any atom is -0.491 e. The lowest BCUT2D eigenvalue weighted by molar-refractivity contribution is -0.189. The number of benzene rings is 3. The first-order valence-electron chi connectivity index (χ1n) is 11.4. The van der Waals surface area contributed by atoms with Crippen LogP contribution < -0.4 is 10.1 Å². The van der Waals surface area contributed by atoms with Crippen LogP contribution in [0.2, 0.25) is 15.1 Å². The van der Waals surface area contributed by atoms with E-state index in [2.05, 4.69) is 10.3 Å². The van der Waals surface area contributed by atoms with Gasteiger partial charge in [0.25, 0.3) is 5.91 Å². The van der Waals surface area contributed by atoms with Crippen molar-refractivity contribution in [2.24, 2.45) is 0 Å². The van der Waals surface area contributed by atoms with E-state index in [4.69, 9.17) is 49.0 Å². The average Bonchev–Trinajstić information content (AvgIpc) is 3.54. The number of hydrogen-bond acceptors (Lipinski definition) is 5. The molecule has 1 aliphatic rings. The van der Waals surface area contributed by atoms with Crippen LogP contribution >= 0.6 is 34.8 Å². The second kappa shape index (κ2) is 11.1. The number of aromatic nitrogens is 2. The van der Waals surface area contributed by atoms with Crippen LogP contribution in [-0.4, -0.2) is 34.8 Å². The third-order valence-corrected chi connectivity index (χ3v) is 6.61. The summed E-state index contributed by atoms with van der Waals surface area (Å²) in [6.45, 7) is 0.920. The van der Waals surface area contributed by atoms with Crippen LogP contribution in [0.25, 0.3) is 0 Å². The van der Waals surface area contributed by atoms with Gasteiger partial charge in [-0.2, -0.15) is 0 Å². The predicted molar refractivity (Wildman–Crippen MR) is 143 cm³/mol. The first kappa shape index (κ1) is 25.6. The molecule has 1 aliphatic heterocycles. The van der Waals surface area contributed by atoms with E-state index in [1.807, 2.05) is 16.8 Å². The van der Waals surface area contributed by atoms with Crippen LogP contribution in [0.4, 0.5) is 5.69 Å². The summed E-state index contributed by atoms with van der Waals surface area (Å²) in [6.07, 6.45) is 4.86. The molecule has 0 spiro atoms. The van der Waals surface area contributed by atoms with Crippen molar-refractivity contribution < 1.29 is 19.0 Å². The Morgan fingerprint density at radius 3 is 2.51 bits per heavy atom. The van der Waals surface area contributed by atoms with E-state index in [9.17, 15) is 4.79 Å². The second-order valence-electron chi connectivity index (χ2n) is 8.46. The Labute approximate surface area is 228 Å². The van der Waals surface area contributed by atoms with Gasteiger partial charge in [0.15, 0.2) is 0 Å². The molecule has 7 nitrogen and oxygen atoms in total. The number of amides is 1. The van der Waals surface area contributed by atoms with E-state index in [1.165, 1.54) is 0 Å². The molecule has 1 saturated heterocycles. The van der Waals surface area contributed by atoms with Crippen molar-refractivity contribution in [3.8, 4) is 5.75 Å². The lowest BCUT2D eigenvalue weighted by Gasteiger charge is -2.30. The lowest BCUT2D eigenvalue weighted by atomic mass is 10.1. The number of carbonyl (C=O) groups excluding carboxylic acids is 1. The monoisotopic (exact) mass is 557 g/mol. The molecule has 1 N–H and O–H groups in total. The van der Waals surface area contributed by atoms with E-state index < -0.39 is 5.79 Å². The molecule has 0 saturated carbocycles. The molecule has 10 heteroatoms. The summed E-state index contributed by atoms with van der Waals surface area (Å²) in [5.41, 5.74) is 1.84. The molecule has 2 unspecified atom stereocenters. The van der Waals surface area contributed by atoms with Crippen molar-refractivity contribution in [3.05, 3.63) is 112 Å². The standard InChI is InChI=1S/C27H22Cl3N3O4/c28-19-3-1-18(2-4-19)26(34)32-21-6-8-22(9-7-21)35-14-23-15-36-27(37-23,16-33-12-11-31-17-33)24-10-5-20(29)13-25(24)30/h1-13,17,23H,14-16H2,(H,32,34). The Balaban J connectivity index is 1.22. The molecular weight excluding hydrogens is 537 g/mol. The molecule has 190 valence electrons. The number of carbonyl (C=O) groups is 1. The molecule has 37 heavy (non-hydrogen) atoms. The first-order valence-corrected chi connectivity index (χ1v) is 12.6. The minimum absolute atomic E-state index is 0.225. The molecular formula is C27H22Cl3N3O4. The number of rotatable bonds is 8. The van der Waals surface area contributed by atoms with E-state index in [0.717, 1.165) is 0 Å². The molecule has 3 aromatic carbocycles.